The molecule has 0 saturated heterocycles. The first-order valence-electron chi connectivity index (χ1n) is 10.2. The molecule has 7 nitrogen and oxygen atoms in total. The van der Waals surface area contributed by atoms with Gasteiger partial charge in [-0.2, -0.15) is 0 Å². The van der Waals surface area contributed by atoms with Crippen LogP contribution in [0.2, 0.25) is 0 Å². The number of hydrogen-bond donors (Lipinski definition) is 3. The standard InChI is InChI=1S/C21H34N6O.HI/c1-5-21(6-2,10-13-28)16-26-20(22-7-3)25-15-18-8-9-19(24-14-18)27-12-11-23-17(27)4;/h8-9,11-12,14,28H,5-7,10,13,15-16H2,1-4H3,(H2,22,25,26);1H. The molecular formula is C21H35IN6O. The summed E-state index contributed by atoms with van der Waals surface area (Å²) in [7, 11) is 0. The molecule has 2 rings (SSSR count). The Morgan fingerprint density at radius 3 is 2.45 bits per heavy atom. The normalized spacial score (nSPS) is 11.8. The van der Waals surface area contributed by atoms with Crippen molar-refractivity contribution in [3.63, 3.8) is 0 Å². The molecule has 0 fully saturated rings. The minimum Gasteiger partial charge on any atom is -0.396 e. The summed E-state index contributed by atoms with van der Waals surface area (Å²) in [4.78, 5) is 13.5. The SMILES string of the molecule is CCNC(=NCc1ccc(-n2ccnc2C)nc1)NCC(CC)(CC)CCO.I. The van der Waals surface area contributed by atoms with E-state index in [2.05, 4.69) is 41.4 Å². The van der Waals surface area contributed by atoms with Gasteiger partial charge in [0.05, 0.1) is 6.54 Å². The Bertz CT molecular complexity index is 740. The second-order valence-corrected chi connectivity index (χ2v) is 7.10. The van der Waals surface area contributed by atoms with E-state index in [1.165, 1.54) is 0 Å². The molecular weight excluding hydrogens is 479 g/mol. The summed E-state index contributed by atoms with van der Waals surface area (Å²) in [6.45, 7) is 10.7. The molecule has 8 heteroatoms. The highest BCUT2D eigenvalue weighted by molar-refractivity contribution is 14.0. The molecule has 0 aromatic carbocycles. The molecule has 29 heavy (non-hydrogen) atoms. The van der Waals surface area contributed by atoms with Gasteiger partial charge in [-0.05, 0) is 50.2 Å². The van der Waals surface area contributed by atoms with E-state index < -0.39 is 0 Å². The van der Waals surface area contributed by atoms with E-state index in [4.69, 9.17) is 4.99 Å². The number of aromatic nitrogens is 3. The minimum atomic E-state index is 0. The van der Waals surface area contributed by atoms with Crippen molar-refractivity contribution in [2.45, 2.75) is 53.5 Å². The van der Waals surface area contributed by atoms with Gasteiger partial charge in [-0.1, -0.05) is 19.9 Å². The predicted molar refractivity (Wildman–Crippen MR) is 129 cm³/mol. The highest BCUT2D eigenvalue weighted by Crippen LogP contribution is 2.29. The Morgan fingerprint density at radius 1 is 1.17 bits per heavy atom. The van der Waals surface area contributed by atoms with Gasteiger partial charge in [0.25, 0.3) is 0 Å². The van der Waals surface area contributed by atoms with Crippen LogP contribution in [-0.2, 0) is 6.54 Å². The van der Waals surface area contributed by atoms with E-state index in [-0.39, 0.29) is 36.0 Å². The third-order valence-corrected chi connectivity index (χ3v) is 5.42. The minimum absolute atomic E-state index is 0. The Morgan fingerprint density at radius 2 is 1.93 bits per heavy atom. The van der Waals surface area contributed by atoms with Crippen LogP contribution in [0.25, 0.3) is 5.82 Å². The quantitative estimate of drug-likeness (QED) is 0.257. The maximum Gasteiger partial charge on any atom is 0.191 e. The number of nitrogens with zero attached hydrogens (tertiary/aromatic N) is 4. The summed E-state index contributed by atoms with van der Waals surface area (Å²) < 4.78 is 1.95. The van der Waals surface area contributed by atoms with Crippen molar-refractivity contribution < 1.29 is 5.11 Å². The van der Waals surface area contributed by atoms with Crippen molar-refractivity contribution in [3.05, 3.63) is 42.1 Å². The molecule has 3 N–H and O–H groups in total. The third kappa shape index (κ3) is 7.26. The van der Waals surface area contributed by atoms with Crippen LogP contribution >= 0.6 is 24.0 Å². The van der Waals surface area contributed by atoms with Crippen LogP contribution in [0, 0.1) is 12.3 Å². The third-order valence-electron chi connectivity index (χ3n) is 5.42. The van der Waals surface area contributed by atoms with Crippen molar-refractivity contribution in [1.82, 2.24) is 25.2 Å². The fraction of sp³-hybridized carbons (Fsp3) is 0.571. The Labute approximate surface area is 191 Å². The summed E-state index contributed by atoms with van der Waals surface area (Å²) >= 11 is 0. The van der Waals surface area contributed by atoms with Crippen LogP contribution in [0.1, 0.15) is 51.4 Å². The topological polar surface area (TPSA) is 87.4 Å². The van der Waals surface area contributed by atoms with Crippen molar-refractivity contribution >= 4 is 29.9 Å². The zero-order chi connectivity index (χ0) is 20.4. The lowest BCUT2D eigenvalue weighted by Crippen LogP contribution is -2.43. The van der Waals surface area contributed by atoms with Crippen molar-refractivity contribution in [2.24, 2.45) is 10.4 Å². The highest BCUT2D eigenvalue weighted by atomic mass is 127. The number of halogens is 1. The maximum atomic E-state index is 9.41. The molecule has 0 saturated carbocycles. The number of guanidine groups is 1. The molecule has 2 aromatic rings. The molecule has 0 spiro atoms. The van der Waals surface area contributed by atoms with Crippen LogP contribution < -0.4 is 10.6 Å². The van der Waals surface area contributed by atoms with Crippen molar-refractivity contribution in [3.8, 4) is 5.82 Å². The van der Waals surface area contributed by atoms with Gasteiger partial charge in [0, 0.05) is 38.3 Å². The number of nitrogens with one attached hydrogen (secondary N) is 2. The van der Waals surface area contributed by atoms with Gasteiger partial charge in [-0.3, -0.25) is 4.57 Å². The first kappa shape index (κ1) is 25.4. The lowest BCUT2D eigenvalue weighted by atomic mass is 9.79. The van der Waals surface area contributed by atoms with E-state index >= 15 is 0 Å². The summed E-state index contributed by atoms with van der Waals surface area (Å²) in [6.07, 6.45) is 8.38. The fourth-order valence-electron chi connectivity index (χ4n) is 3.24. The van der Waals surface area contributed by atoms with Gasteiger partial charge in [0.1, 0.15) is 11.6 Å². The lowest BCUT2D eigenvalue weighted by molar-refractivity contribution is 0.169. The maximum absolute atomic E-state index is 9.41. The molecule has 2 heterocycles. The van der Waals surface area contributed by atoms with Crippen LogP contribution in [0.5, 0.6) is 0 Å². The number of aliphatic imine (C=N–C) groups is 1. The summed E-state index contributed by atoms with van der Waals surface area (Å²) in [6, 6.07) is 4.03. The van der Waals surface area contributed by atoms with Crippen LogP contribution in [-0.4, -0.2) is 45.3 Å². The average molecular weight is 514 g/mol. The van der Waals surface area contributed by atoms with Gasteiger partial charge in [-0.15, -0.1) is 24.0 Å². The van der Waals surface area contributed by atoms with Gasteiger partial charge >= 0.3 is 0 Å². The second-order valence-electron chi connectivity index (χ2n) is 7.10. The average Bonchev–Trinajstić information content (AvgIpc) is 3.15. The Hall–Kier alpha value is -1.68. The van der Waals surface area contributed by atoms with Crippen LogP contribution in [0.3, 0.4) is 0 Å². The zero-order valence-electron chi connectivity index (χ0n) is 18.0. The first-order chi connectivity index (χ1) is 13.6. The predicted octanol–water partition coefficient (Wildman–Crippen LogP) is 3.44. The van der Waals surface area contributed by atoms with E-state index in [0.29, 0.717) is 6.54 Å². The first-order valence-corrected chi connectivity index (χ1v) is 10.2. The summed E-state index contributed by atoms with van der Waals surface area (Å²) in [5.41, 5.74) is 1.14. The Balaban J connectivity index is 0.00000420. The molecule has 0 bridgehead atoms. The molecule has 0 aliphatic rings. The lowest BCUT2D eigenvalue weighted by Gasteiger charge is -2.32. The smallest absolute Gasteiger partial charge is 0.191 e. The second kappa shape index (κ2) is 12.8. The number of pyridine rings is 1. The number of imidazole rings is 1. The van der Waals surface area contributed by atoms with Crippen LogP contribution in [0.4, 0.5) is 0 Å². The monoisotopic (exact) mass is 514 g/mol. The molecule has 0 amide bonds. The number of rotatable bonds is 10. The molecule has 0 aliphatic carbocycles. The van der Waals surface area contributed by atoms with E-state index in [0.717, 1.165) is 55.5 Å². The number of hydrogen-bond acceptors (Lipinski definition) is 4. The van der Waals surface area contributed by atoms with E-state index in [1.54, 1.807) is 6.20 Å². The van der Waals surface area contributed by atoms with Gasteiger partial charge < -0.3 is 15.7 Å². The summed E-state index contributed by atoms with van der Waals surface area (Å²) in [5.74, 6) is 2.56. The summed E-state index contributed by atoms with van der Waals surface area (Å²) in [5, 5.41) is 16.2. The molecule has 0 aliphatic heterocycles. The molecule has 0 atom stereocenters. The Kier molecular flexibility index (Phi) is 11.2. The van der Waals surface area contributed by atoms with Crippen molar-refractivity contribution in [2.75, 3.05) is 19.7 Å². The van der Waals surface area contributed by atoms with Crippen molar-refractivity contribution in [1.29, 1.82) is 0 Å². The molecule has 2 aromatic heterocycles. The largest absolute Gasteiger partial charge is 0.396 e. The zero-order valence-corrected chi connectivity index (χ0v) is 20.3. The number of aliphatic hydroxyl groups excluding tert-OH is 1. The van der Waals surface area contributed by atoms with E-state index in [9.17, 15) is 5.11 Å². The number of aryl methyl sites for hydroxylation is 1. The number of aliphatic hydroxyl groups is 1. The highest BCUT2D eigenvalue weighted by Gasteiger charge is 2.25. The van der Waals surface area contributed by atoms with Gasteiger partial charge in [0.2, 0.25) is 0 Å². The van der Waals surface area contributed by atoms with E-state index in [1.807, 2.05) is 36.0 Å². The molecule has 162 valence electrons. The van der Waals surface area contributed by atoms with Gasteiger partial charge in [-0.25, -0.2) is 15.0 Å². The van der Waals surface area contributed by atoms with Gasteiger partial charge in [0.15, 0.2) is 5.96 Å². The molecule has 0 unspecified atom stereocenters. The molecule has 0 radical (unpaired) electrons. The van der Waals surface area contributed by atoms with Crippen LogP contribution in [0.15, 0.2) is 35.7 Å². The fourth-order valence-corrected chi connectivity index (χ4v) is 3.24.